The summed E-state index contributed by atoms with van der Waals surface area (Å²) in [6.07, 6.45) is 2.77. The van der Waals surface area contributed by atoms with Crippen LogP contribution in [-0.2, 0) is 14.8 Å². The Morgan fingerprint density at radius 2 is 1.67 bits per heavy atom. The van der Waals surface area contributed by atoms with Gasteiger partial charge in [0, 0.05) is 29.6 Å². The summed E-state index contributed by atoms with van der Waals surface area (Å²) in [5, 5.41) is 5.53. The summed E-state index contributed by atoms with van der Waals surface area (Å²) in [6, 6.07) is 13.9. The van der Waals surface area contributed by atoms with Crippen molar-refractivity contribution in [1.29, 1.82) is 0 Å². The number of thiophene rings is 1. The van der Waals surface area contributed by atoms with Crippen molar-refractivity contribution in [1.82, 2.24) is 4.31 Å². The van der Waals surface area contributed by atoms with Gasteiger partial charge >= 0.3 is 5.97 Å². The lowest BCUT2D eigenvalue weighted by atomic mass is 10.0. The van der Waals surface area contributed by atoms with Crippen molar-refractivity contribution in [3.63, 3.8) is 0 Å². The minimum Gasteiger partial charge on any atom is -0.462 e. The predicted molar refractivity (Wildman–Crippen MR) is 142 cm³/mol. The third-order valence-electron chi connectivity index (χ3n) is 6.17. The molecule has 0 bridgehead atoms. The number of esters is 1. The highest BCUT2D eigenvalue weighted by Crippen LogP contribution is 2.36. The van der Waals surface area contributed by atoms with E-state index in [4.69, 9.17) is 4.74 Å². The van der Waals surface area contributed by atoms with Crippen LogP contribution in [0, 0.1) is 6.92 Å². The van der Waals surface area contributed by atoms with Gasteiger partial charge in [0.2, 0.25) is 10.0 Å². The SMILES string of the molecule is CCOC(=O)c1c(-c2ccc(C)cc2)csc1NCC(=O)c1ccc(S(=O)(=O)N2CCCCC2)cc1. The molecule has 1 aliphatic heterocycles. The second-order valence-corrected chi connectivity index (χ2v) is 11.5. The standard InChI is InChI=1S/C27H30N2O5S2/c1-3-34-27(31)25-23(20-9-7-19(2)8-10-20)18-35-26(25)28-17-24(30)21-11-13-22(14-12-21)36(32,33)29-15-5-4-6-16-29/h7-14,18,28H,3-6,15-17H2,1-2H3. The highest BCUT2D eigenvalue weighted by molar-refractivity contribution is 7.89. The molecule has 190 valence electrons. The summed E-state index contributed by atoms with van der Waals surface area (Å²) in [5.41, 5.74) is 3.56. The number of carbonyl (C=O) groups is 2. The quantitative estimate of drug-likeness (QED) is 0.298. The van der Waals surface area contributed by atoms with Gasteiger partial charge in [-0.3, -0.25) is 4.79 Å². The van der Waals surface area contributed by atoms with Crippen LogP contribution in [0.25, 0.3) is 11.1 Å². The maximum Gasteiger partial charge on any atom is 0.341 e. The van der Waals surface area contributed by atoms with E-state index in [9.17, 15) is 18.0 Å². The molecule has 0 aliphatic carbocycles. The normalized spacial score (nSPS) is 14.4. The number of hydrogen-bond donors (Lipinski definition) is 1. The summed E-state index contributed by atoms with van der Waals surface area (Å²) in [4.78, 5) is 25.8. The number of Topliss-reactive ketones (excluding diaryl/α,β-unsaturated/α-hetero) is 1. The molecule has 1 N–H and O–H groups in total. The van der Waals surface area contributed by atoms with Gasteiger partial charge in [-0.2, -0.15) is 4.31 Å². The Morgan fingerprint density at radius 1 is 1.00 bits per heavy atom. The smallest absolute Gasteiger partial charge is 0.341 e. The second kappa shape index (κ2) is 11.4. The number of anilines is 1. The van der Waals surface area contributed by atoms with Gasteiger partial charge in [0.1, 0.15) is 10.6 Å². The molecule has 2 heterocycles. The highest BCUT2D eigenvalue weighted by Gasteiger charge is 2.26. The Kier molecular flexibility index (Phi) is 8.23. The van der Waals surface area contributed by atoms with E-state index in [1.54, 1.807) is 19.1 Å². The van der Waals surface area contributed by atoms with Gasteiger partial charge in [-0.05, 0) is 56.5 Å². The number of ether oxygens (including phenoxy) is 1. The molecule has 36 heavy (non-hydrogen) atoms. The lowest BCUT2D eigenvalue weighted by molar-refractivity contribution is 0.0528. The number of rotatable bonds is 9. The molecule has 1 aliphatic rings. The topological polar surface area (TPSA) is 92.8 Å². The fourth-order valence-electron chi connectivity index (χ4n) is 4.17. The summed E-state index contributed by atoms with van der Waals surface area (Å²) in [7, 11) is -3.55. The van der Waals surface area contributed by atoms with Crippen molar-refractivity contribution in [3.8, 4) is 11.1 Å². The van der Waals surface area contributed by atoms with Gasteiger partial charge < -0.3 is 10.1 Å². The maximum absolute atomic E-state index is 12.9. The van der Waals surface area contributed by atoms with Crippen molar-refractivity contribution >= 4 is 38.1 Å². The van der Waals surface area contributed by atoms with Crippen LogP contribution in [0.4, 0.5) is 5.00 Å². The van der Waals surface area contributed by atoms with Crippen molar-refractivity contribution < 1.29 is 22.7 Å². The fraction of sp³-hybridized carbons (Fsp3) is 0.333. The van der Waals surface area contributed by atoms with Gasteiger partial charge in [-0.25, -0.2) is 13.2 Å². The molecule has 0 amide bonds. The Hall–Kier alpha value is -3.01. The summed E-state index contributed by atoms with van der Waals surface area (Å²) in [6.45, 7) is 5.01. The minimum absolute atomic E-state index is 0.0432. The van der Waals surface area contributed by atoms with Gasteiger partial charge in [0.25, 0.3) is 0 Å². The Morgan fingerprint density at radius 3 is 2.31 bits per heavy atom. The van der Waals surface area contributed by atoms with Crippen LogP contribution >= 0.6 is 11.3 Å². The summed E-state index contributed by atoms with van der Waals surface area (Å²) >= 11 is 1.34. The number of benzene rings is 2. The maximum atomic E-state index is 12.9. The number of ketones is 1. The first-order valence-electron chi connectivity index (χ1n) is 12.0. The van der Waals surface area contributed by atoms with E-state index >= 15 is 0 Å². The highest BCUT2D eigenvalue weighted by atomic mass is 32.2. The zero-order valence-electron chi connectivity index (χ0n) is 20.5. The molecule has 0 unspecified atom stereocenters. The Labute approximate surface area is 216 Å². The van der Waals surface area contributed by atoms with Crippen molar-refractivity contribution in [2.24, 2.45) is 0 Å². The number of aryl methyl sites for hydroxylation is 1. The third-order valence-corrected chi connectivity index (χ3v) is 9.02. The van der Waals surface area contributed by atoms with Gasteiger partial charge in [-0.15, -0.1) is 11.3 Å². The Balaban J connectivity index is 1.49. The van der Waals surface area contributed by atoms with Crippen LogP contribution < -0.4 is 5.32 Å². The number of carbonyl (C=O) groups excluding carboxylic acids is 2. The van der Waals surface area contributed by atoms with E-state index in [-0.39, 0.29) is 23.8 Å². The number of nitrogens with zero attached hydrogens (tertiary/aromatic N) is 1. The number of piperidine rings is 1. The first-order valence-corrected chi connectivity index (χ1v) is 14.4. The van der Waals surface area contributed by atoms with Crippen LogP contribution in [-0.4, -0.2) is 50.7 Å². The lowest BCUT2D eigenvalue weighted by Crippen LogP contribution is -2.35. The first kappa shape index (κ1) is 26.1. The molecule has 0 radical (unpaired) electrons. The number of hydrogen-bond acceptors (Lipinski definition) is 7. The summed E-state index contributed by atoms with van der Waals surface area (Å²) in [5.74, 6) is -0.659. The van der Waals surface area contributed by atoms with Gasteiger partial charge in [0.05, 0.1) is 18.0 Å². The zero-order valence-corrected chi connectivity index (χ0v) is 22.1. The number of sulfonamides is 1. The van der Waals surface area contributed by atoms with Crippen LogP contribution in [0.3, 0.4) is 0 Å². The minimum atomic E-state index is -3.55. The molecular weight excluding hydrogens is 496 g/mol. The second-order valence-electron chi connectivity index (χ2n) is 8.71. The first-order chi connectivity index (χ1) is 17.3. The summed E-state index contributed by atoms with van der Waals surface area (Å²) < 4.78 is 32.5. The Bertz CT molecular complexity index is 1320. The van der Waals surface area contributed by atoms with Crippen LogP contribution in [0.2, 0.25) is 0 Å². The fourth-order valence-corrected chi connectivity index (χ4v) is 6.64. The van der Waals surface area contributed by atoms with Crippen molar-refractivity contribution in [2.45, 2.75) is 38.0 Å². The number of nitrogens with one attached hydrogen (secondary N) is 1. The van der Waals surface area contributed by atoms with E-state index < -0.39 is 16.0 Å². The molecule has 7 nitrogen and oxygen atoms in total. The van der Waals surface area contributed by atoms with Crippen LogP contribution in [0.15, 0.2) is 58.8 Å². The van der Waals surface area contributed by atoms with E-state index in [0.29, 0.717) is 29.2 Å². The van der Waals surface area contributed by atoms with Crippen molar-refractivity contribution in [2.75, 3.05) is 31.6 Å². The third kappa shape index (κ3) is 5.69. The average molecular weight is 527 g/mol. The molecule has 4 rings (SSSR count). The van der Waals surface area contributed by atoms with Gasteiger partial charge in [0.15, 0.2) is 5.78 Å². The molecule has 0 spiro atoms. The molecule has 3 aromatic rings. The predicted octanol–water partition coefficient (Wildman–Crippen LogP) is 5.37. The zero-order chi connectivity index (χ0) is 25.7. The molecule has 2 aromatic carbocycles. The van der Waals surface area contributed by atoms with E-state index in [1.807, 2.05) is 36.6 Å². The lowest BCUT2D eigenvalue weighted by Gasteiger charge is -2.25. The average Bonchev–Trinajstić information content (AvgIpc) is 3.32. The monoisotopic (exact) mass is 526 g/mol. The largest absolute Gasteiger partial charge is 0.462 e. The van der Waals surface area contributed by atoms with Crippen LogP contribution in [0.1, 0.15) is 52.5 Å². The van der Waals surface area contributed by atoms with E-state index in [1.165, 1.54) is 27.8 Å². The molecule has 1 aromatic heterocycles. The molecule has 9 heteroatoms. The van der Waals surface area contributed by atoms with E-state index in [0.717, 1.165) is 36.0 Å². The molecule has 1 fully saturated rings. The van der Waals surface area contributed by atoms with Crippen LogP contribution in [0.5, 0.6) is 0 Å². The van der Waals surface area contributed by atoms with Gasteiger partial charge in [-0.1, -0.05) is 36.2 Å². The molecule has 1 saturated heterocycles. The molecular formula is C27H30N2O5S2. The molecule has 0 saturated carbocycles. The molecule has 0 atom stereocenters. The van der Waals surface area contributed by atoms with Crippen molar-refractivity contribution in [3.05, 3.63) is 70.6 Å². The van der Waals surface area contributed by atoms with E-state index in [2.05, 4.69) is 5.32 Å².